The molecular formula is C10H11NO3. The largest absolute Gasteiger partial charge is 0.478 e. The van der Waals surface area contributed by atoms with E-state index in [9.17, 15) is 9.59 Å². The van der Waals surface area contributed by atoms with Crippen LogP contribution in [0.25, 0.3) is 0 Å². The molecule has 74 valence electrons. The van der Waals surface area contributed by atoms with Crippen LogP contribution in [-0.4, -0.2) is 17.0 Å². The van der Waals surface area contributed by atoms with Crippen LogP contribution in [0.4, 0.5) is 0 Å². The molecular weight excluding hydrogens is 182 g/mol. The molecule has 0 bridgehead atoms. The molecule has 0 heterocycles. The van der Waals surface area contributed by atoms with Crippen molar-refractivity contribution in [3.8, 4) is 0 Å². The maximum atomic E-state index is 11.0. The lowest BCUT2D eigenvalue weighted by Gasteiger charge is -2.07. The second-order valence-electron chi connectivity index (χ2n) is 2.85. The Kier molecular flexibility index (Phi) is 2.86. The fraction of sp³-hybridized carbons (Fsp3) is 0.200. The van der Waals surface area contributed by atoms with E-state index in [2.05, 4.69) is 0 Å². The fourth-order valence-electron chi connectivity index (χ4n) is 1.40. The maximum Gasteiger partial charge on any atom is 0.335 e. The zero-order valence-electron chi connectivity index (χ0n) is 7.78. The van der Waals surface area contributed by atoms with Crippen LogP contribution in [0.3, 0.4) is 0 Å². The zero-order chi connectivity index (χ0) is 10.7. The zero-order valence-corrected chi connectivity index (χ0v) is 7.78. The molecule has 1 amide bonds. The van der Waals surface area contributed by atoms with Gasteiger partial charge < -0.3 is 10.8 Å². The molecule has 1 aromatic carbocycles. The number of primary amides is 1. The van der Waals surface area contributed by atoms with Gasteiger partial charge in [0.05, 0.1) is 5.56 Å². The highest BCUT2D eigenvalue weighted by molar-refractivity contribution is 5.99. The molecule has 3 N–H and O–H groups in total. The number of rotatable bonds is 3. The van der Waals surface area contributed by atoms with E-state index in [0.29, 0.717) is 12.0 Å². The first-order valence-electron chi connectivity index (χ1n) is 4.23. The van der Waals surface area contributed by atoms with E-state index in [4.69, 9.17) is 10.8 Å². The van der Waals surface area contributed by atoms with Gasteiger partial charge in [0, 0.05) is 5.56 Å². The molecule has 14 heavy (non-hydrogen) atoms. The van der Waals surface area contributed by atoms with E-state index in [1.165, 1.54) is 18.2 Å². The standard InChI is InChI=1S/C10H11NO3/c1-2-6-7(9(11)12)4-3-5-8(6)10(13)14/h3-5H,2H2,1H3,(H2,11,12)(H,13,14). The third-order valence-corrected chi connectivity index (χ3v) is 2.03. The summed E-state index contributed by atoms with van der Waals surface area (Å²) in [5.74, 6) is -1.63. The van der Waals surface area contributed by atoms with E-state index in [0.717, 1.165) is 0 Å². The number of carboxylic acids is 1. The van der Waals surface area contributed by atoms with Crippen LogP contribution >= 0.6 is 0 Å². The lowest BCUT2D eigenvalue weighted by atomic mass is 9.98. The summed E-state index contributed by atoms with van der Waals surface area (Å²) in [4.78, 5) is 21.8. The van der Waals surface area contributed by atoms with Gasteiger partial charge in [0.25, 0.3) is 0 Å². The first kappa shape index (κ1) is 10.2. The fourth-order valence-corrected chi connectivity index (χ4v) is 1.40. The SMILES string of the molecule is CCc1c(C(N)=O)cccc1C(=O)O. The molecule has 0 aliphatic rings. The monoisotopic (exact) mass is 193 g/mol. The number of hydrogen-bond acceptors (Lipinski definition) is 2. The third-order valence-electron chi connectivity index (χ3n) is 2.03. The van der Waals surface area contributed by atoms with E-state index >= 15 is 0 Å². The van der Waals surface area contributed by atoms with Gasteiger partial charge in [-0.3, -0.25) is 4.79 Å². The molecule has 0 spiro atoms. The molecule has 0 fully saturated rings. The second-order valence-corrected chi connectivity index (χ2v) is 2.85. The van der Waals surface area contributed by atoms with Crippen molar-refractivity contribution in [3.63, 3.8) is 0 Å². The minimum Gasteiger partial charge on any atom is -0.478 e. The Labute approximate surface area is 81.3 Å². The van der Waals surface area contributed by atoms with Gasteiger partial charge in [-0.05, 0) is 24.1 Å². The molecule has 0 aromatic heterocycles. The Morgan fingerprint density at radius 3 is 2.36 bits per heavy atom. The molecule has 0 radical (unpaired) electrons. The molecule has 0 unspecified atom stereocenters. The summed E-state index contributed by atoms with van der Waals surface area (Å²) in [6, 6.07) is 4.52. The molecule has 1 aromatic rings. The average Bonchev–Trinajstić information content (AvgIpc) is 2.16. The highest BCUT2D eigenvalue weighted by atomic mass is 16.4. The summed E-state index contributed by atoms with van der Waals surface area (Å²) in [5.41, 5.74) is 6.05. The third kappa shape index (κ3) is 1.74. The number of nitrogens with two attached hydrogens (primary N) is 1. The van der Waals surface area contributed by atoms with Crippen LogP contribution in [0.1, 0.15) is 33.2 Å². The first-order chi connectivity index (χ1) is 6.57. The lowest BCUT2D eigenvalue weighted by Crippen LogP contribution is -2.16. The number of benzene rings is 1. The van der Waals surface area contributed by atoms with Crippen molar-refractivity contribution < 1.29 is 14.7 Å². The van der Waals surface area contributed by atoms with Crippen molar-refractivity contribution in [1.82, 2.24) is 0 Å². The van der Waals surface area contributed by atoms with Crippen LogP contribution in [0.2, 0.25) is 0 Å². The van der Waals surface area contributed by atoms with Crippen molar-refractivity contribution in [2.45, 2.75) is 13.3 Å². The molecule has 0 atom stereocenters. The van der Waals surface area contributed by atoms with Crippen molar-refractivity contribution in [3.05, 3.63) is 34.9 Å². The summed E-state index contributed by atoms with van der Waals surface area (Å²) in [5, 5.41) is 8.85. The normalized spacial score (nSPS) is 9.79. The van der Waals surface area contributed by atoms with Crippen LogP contribution in [0, 0.1) is 0 Å². The molecule has 4 heteroatoms. The van der Waals surface area contributed by atoms with Crippen molar-refractivity contribution in [2.75, 3.05) is 0 Å². The van der Waals surface area contributed by atoms with Crippen molar-refractivity contribution >= 4 is 11.9 Å². The summed E-state index contributed by atoms with van der Waals surface area (Å²) < 4.78 is 0. The molecule has 0 aliphatic carbocycles. The van der Waals surface area contributed by atoms with E-state index in [1.54, 1.807) is 6.92 Å². The smallest absolute Gasteiger partial charge is 0.335 e. The number of carbonyl (C=O) groups is 2. The molecule has 0 saturated carbocycles. The number of carboxylic acid groups (broad SMARTS) is 1. The maximum absolute atomic E-state index is 11.0. The molecule has 0 saturated heterocycles. The summed E-state index contributed by atoms with van der Waals surface area (Å²) >= 11 is 0. The number of amides is 1. The number of carbonyl (C=O) groups excluding carboxylic acids is 1. The Bertz CT molecular complexity index is 353. The van der Waals surface area contributed by atoms with Gasteiger partial charge in [-0.15, -0.1) is 0 Å². The van der Waals surface area contributed by atoms with Gasteiger partial charge in [-0.25, -0.2) is 4.79 Å². The summed E-state index contributed by atoms with van der Waals surface area (Å²) in [6.07, 6.45) is 0.473. The molecule has 4 nitrogen and oxygen atoms in total. The van der Waals surface area contributed by atoms with Gasteiger partial charge in [0.1, 0.15) is 0 Å². The van der Waals surface area contributed by atoms with Crippen LogP contribution in [-0.2, 0) is 6.42 Å². The van der Waals surface area contributed by atoms with Crippen molar-refractivity contribution in [1.29, 1.82) is 0 Å². The molecule has 1 rings (SSSR count). The first-order valence-corrected chi connectivity index (χ1v) is 4.23. The highest BCUT2D eigenvalue weighted by Crippen LogP contribution is 2.15. The predicted octanol–water partition coefficient (Wildman–Crippen LogP) is 1.05. The number of hydrogen-bond donors (Lipinski definition) is 2. The Balaban J connectivity index is 3.39. The van der Waals surface area contributed by atoms with Crippen LogP contribution < -0.4 is 5.73 Å². The lowest BCUT2D eigenvalue weighted by molar-refractivity contribution is 0.0695. The average molecular weight is 193 g/mol. The Hall–Kier alpha value is -1.84. The summed E-state index contributed by atoms with van der Waals surface area (Å²) in [7, 11) is 0. The number of aromatic carboxylic acids is 1. The molecule has 0 aliphatic heterocycles. The highest BCUT2D eigenvalue weighted by Gasteiger charge is 2.14. The van der Waals surface area contributed by atoms with Gasteiger partial charge in [-0.2, -0.15) is 0 Å². The topological polar surface area (TPSA) is 80.4 Å². The second kappa shape index (κ2) is 3.91. The van der Waals surface area contributed by atoms with Crippen molar-refractivity contribution in [2.24, 2.45) is 5.73 Å². The Morgan fingerprint density at radius 2 is 1.93 bits per heavy atom. The van der Waals surface area contributed by atoms with Crippen LogP contribution in [0.15, 0.2) is 18.2 Å². The van der Waals surface area contributed by atoms with Gasteiger partial charge in [-0.1, -0.05) is 13.0 Å². The summed E-state index contributed by atoms with van der Waals surface area (Å²) in [6.45, 7) is 1.79. The Morgan fingerprint density at radius 1 is 1.36 bits per heavy atom. The van der Waals surface area contributed by atoms with Crippen LogP contribution in [0.5, 0.6) is 0 Å². The van der Waals surface area contributed by atoms with E-state index < -0.39 is 11.9 Å². The quantitative estimate of drug-likeness (QED) is 0.752. The minimum absolute atomic E-state index is 0.142. The van der Waals surface area contributed by atoms with Gasteiger partial charge >= 0.3 is 5.97 Å². The van der Waals surface area contributed by atoms with E-state index in [-0.39, 0.29) is 11.1 Å². The van der Waals surface area contributed by atoms with Gasteiger partial charge in [0.2, 0.25) is 5.91 Å². The van der Waals surface area contributed by atoms with Gasteiger partial charge in [0.15, 0.2) is 0 Å². The minimum atomic E-state index is -1.04. The predicted molar refractivity (Wildman–Crippen MR) is 51.3 cm³/mol. The van der Waals surface area contributed by atoms with E-state index in [1.807, 2.05) is 0 Å².